The van der Waals surface area contributed by atoms with Gasteiger partial charge in [-0.15, -0.1) is 0 Å². The van der Waals surface area contributed by atoms with Gasteiger partial charge in [-0.25, -0.2) is 8.42 Å². The Labute approximate surface area is 130 Å². The van der Waals surface area contributed by atoms with Gasteiger partial charge in [0.15, 0.2) is 15.7 Å². The van der Waals surface area contributed by atoms with Crippen LogP contribution in [-0.4, -0.2) is 37.8 Å². The summed E-state index contributed by atoms with van der Waals surface area (Å²) in [6.45, 7) is 2.72. The molecule has 0 unspecified atom stereocenters. The number of nitrogens with one attached hydrogen (secondary N) is 1. The number of nitrogen functional groups attached to an aromatic ring is 1. The lowest BCUT2D eigenvalue weighted by atomic mass is 9.98. The molecule has 1 saturated carbocycles. The number of ether oxygens (including phenoxy) is 1. The molecule has 1 aromatic rings. The first-order chi connectivity index (χ1) is 10.0. The van der Waals surface area contributed by atoms with Crippen LogP contribution in [0.4, 0.5) is 10.8 Å². The number of nitrogens with two attached hydrogens (primary N) is 1. The molecule has 0 radical (unpaired) electrons. The third-order valence-electron chi connectivity index (χ3n) is 3.66. The molecular weight excluding hydrogens is 310 g/mol. The van der Waals surface area contributed by atoms with Gasteiger partial charge in [-0.05, 0) is 24.4 Å². The van der Waals surface area contributed by atoms with Crippen LogP contribution in [0.1, 0.15) is 39.0 Å². The van der Waals surface area contributed by atoms with Crippen molar-refractivity contribution in [3.8, 4) is 0 Å². The predicted molar refractivity (Wildman–Crippen MR) is 85.6 cm³/mol. The zero-order chi connectivity index (χ0) is 15.3. The van der Waals surface area contributed by atoms with Crippen LogP contribution in [0.15, 0.2) is 4.90 Å². The van der Waals surface area contributed by atoms with Crippen molar-refractivity contribution in [2.24, 2.45) is 0 Å². The fourth-order valence-corrected chi connectivity index (χ4v) is 4.67. The number of hydrogen-bond acceptors (Lipinski definition) is 7. The molecule has 1 heterocycles. The number of rotatable bonds is 7. The Morgan fingerprint density at radius 3 is 2.76 bits per heavy atom. The number of aromatic nitrogens is 1. The van der Waals surface area contributed by atoms with E-state index in [1.165, 1.54) is 19.3 Å². The van der Waals surface area contributed by atoms with E-state index in [0.717, 1.165) is 24.4 Å². The van der Waals surface area contributed by atoms with Gasteiger partial charge in [0.2, 0.25) is 0 Å². The highest BCUT2D eigenvalue weighted by molar-refractivity contribution is 7.91. The summed E-state index contributed by atoms with van der Waals surface area (Å²) < 4.78 is 33.7. The molecule has 3 N–H and O–H groups in total. The maximum absolute atomic E-state index is 12.0. The van der Waals surface area contributed by atoms with Crippen molar-refractivity contribution in [3.05, 3.63) is 0 Å². The van der Waals surface area contributed by atoms with Crippen molar-refractivity contribution in [1.29, 1.82) is 0 Å². The van der Waals surface area contributed by atoms with E-state index in [4.69, 9.17) is 10.5 Å². The number of anilines is 2. The molecule has 2 rings (SSSR count). The summed E-state index contributed by atoms with van der Waals surface area (Å²) in [5.41, 5.74) is 5.67. The average molecular weight is 333 g/mol. The van der Waals surface area contributed by atoms with Crippen LogP contribution in [0.2, 0.25) is 0 Å². The zero-order valence-electron chi connectivity index (χ0n) is 12.3. The predicted octanol–water partition coefficient (Wildman–Crippen LogP) is 2.28. The molecule has 21 heavy (non-hydrogen) atoms. The first-order valence-corrected chi connectivity index (χ1v) is 9.80. The van der Waals surface area contributed by atoms with Gasteiger partial charge in [0.1, 0.15) is 9.90 Å². The first-order valence-electron chi connectivity index (χ1n) is 7.38. The monoisotopic (exact) mass is 333 g/mol. The molecule has 0 atom stereocenters. The van der Waals surface area contributed by atoms with Crippen LogP contribution in [-0.2, 0) is 14.6 Å². The van der Waals surface area contributed by atoms with Gasteiger partial charge >= 0.3 is 0 Å². The van der Waals surface area contributed by atoms with Crippen LogP contribution in [0.3, 0.4) is 0 Å². The lowest BCUT2D eigenvalue weighted by Gasteiger charge is -2.22. The van der Waals surface area contributed by atoms with E-state index in [1.807, 2.05) is 0 Å². The summed E-state index contributed by atoms with van der Waals surface area (Å²) in [5, 5.41) is 3.60. The highest BCUT2D eigenvalue weighted by atomic mass is 32.2. The molecule has 6 nitrogen and oxygen atoms in total. The number of nitrogens with zero attached hydrogens (tertiary/aromatic N) is 1. The van der Waals surface area contributed by atoms with Gasteiger partial charge in [0.25, 0.3) is 0 Å². The third-order valence-corrected chi connectivity index (χ3v) is 6.40. The molecule has 0 amide bonds. The largest absolute Gasteiger partial charge is 0.382 e. The quantitative estimate of drug-likeness (QED) is 0.743. The van der Waals surface area contributed by atoms with Crippen molar-refractivity contribution >= 4 is 32.2 Å². The lowest BCUT2D eigenvalue weighted by Crippen LogP contribution is -2.20. The Balaban J connectivity index is 1.86. The van der Waals surface area contributed by atoms with Crippen LogP contribution in [0.5, 0.6) is 0 Å². The molecule has 0 spiro atoms. The lowest BCUT2D eigenvalue weighted by molar-refractivity contribution is 0.0347. The van der Waals surface area contributed by atoms with Crippen molar-refractivity contribution in [2.75, 3.05) is 30.0 Å². The van der Waals surface area contributed by atoms with E-state index in [2.05, 4.69) is 9.69 Å². The molecule has 8 heteroatoms. The molecule has 0 saturated heterocycles. The minimum atomic E-state index is -3.35. The smallest absolute Gasteiger partial charge is 0.184 e. The summed E-state index contributed by atoms with van der Waals surface area (Å²) in [7, 11) is -3.35. The Morgan fingerprint density at radius 2 is 2.10 bits per heavy atom. The number of sulfone groups is 1. The van der Waals surface area contributed by atoms with Crippen molar-refractivity contribution in [3.63, 3.8) is 0 Å². The van der Waals surface area contributed by atoms with Crippen molar-refractivity contribution in [2.45, 2.75) is 50.0 Å². The Hall–Kier alpha value is -0.860. The second-order valence-corrected chi connectivity index (χ2v) is 8.18. The van der Waals surface area contributed by atoms with Crippen LogP contribution in [0.25, 0.3) is 0 Å². The van der Waals surface area contributed by atoms with E-state index in [-0.39, 0.29) is 16.5 Å². The second kappa shape index (κ2) is 7.42. The summed E-state index contributed by atoms with van der Waals surface area (Å²) in [4.78, 5) is 0.132. The fraction of sp³-hybridized carbons (Fsp3) is 0.769. The highest BCUT2D eigenvalue weighted by Crippen LogP contribution is 2.32. The van der Waals surface area contributed by atoms with E-state index in [9.17, 15) is 8.42 Å². The molecule has 1 aliphatic rings. The molecule has 0 aromatic carbocycles. The Morgan fingerprint density at radius 1 is 1.38 bits per heavy atom. The highest BCUT2D eigenvalue weighted by Gasteiger charge is 2.23. The van der Waals surface area contributed by atoms with Crippen molar-refractivity contribution < 1.29 is 13.2 Å². The normalized spacial score (nSPS) is 17.0. The number of hydrogen-bond donors (Lipinski definition) is 2. The fourth-order valence-electron chi connectivity index (χ4n) is 2.47. The van der Waals surface area contributed by atoms with Gasteiger partial charge in [-0.1, -0.05) is 26.2 Å². The first kappa shape index (κ1) is 16.5. The third kappa shape index (κ3) is 4.31. The van der Waals surface area contributed by atoms with E-state index < -0.39 is 9.84 Å². The molecule has 1 fully saturated rings. The van der Waals surface area contributed by atoms with Gasteiger partial charge in [-0.3, -0.25) is 0 Å². The van der Waals surface area contributed by atoms with Gasteiger partial charge < -0.3 is 15.8 Å². The average Bonchev–Trinajstić information content (AvgIpc) is 2.86. The van der Waals surface area contributed by atoms with Crippen molar-refractivity contribution in [1.82, 2.24) is 4.37 Å². The minimum Gasteiger partial charge on any atom is -0.382 e. The van der Waals surface area contributed by atoms with E-state index in [1.54, 1.807) is 6.92 Å². The maximum Gasteiger partial charge on any atom is 0.184 e. The summed E-state index contributed by atoms with van der Waals surface area (Å²) in [5.74, 6) is 0.0978. The van der Waals surface area contributed by atoms with Crippen LogP contribution >= 0.6 is 11.5 Å². The van der Waals surface area contributed by atoms with Gasteiger partial charge in [0, 0.05) is 6.54 Å². The van der Waals surface area contributed by atoms with E-state index in [0.29, 0.717) is 24.3 Å². The standard InChI is InChI=1S/C13H23N3O3S2/c1-2-21(17,18)11-12(14)16-20-13(11)15-8-9-19-10-6-4-3-5-7-10/h10,15H,2-9H2,1H3,(H2,14,16). The Kier molecular flexibility index (Phi) is 5.83. The van der Waals surface area contributed by atoms with Gasteiger partial charge in [-0.2, -0.15) is 4.37 Å². The topological polar surface area (TPSA) is 94.3 Å². The minimum absolute atomic E-state index is 0.0167. The summed E-state index contributed by atoms with van der Waals surface area (Å²) in [6.07, 6.45) is 6.39. The van der Waals surface area contributed by atoms with Gasteiger partial charge in [0.05, 0.1) is 18.5 Å². The SMILES string of the molecule is CCS(=O)(=O)c1c(N)nsc1NCCOC1CCCCC1. The molecule has 1 aliphatic carbocycles. The summed E-state index contributed by atoms with van der Waals surface area (Å²) in [6, 6.07) is 0. The van der Waals surface area contributed by atoms with Crippen LogP contribution in [0, 0.1) is 0 Å². The molecule has 1 aromatic heterocycles. The summed E-state index contributed by atoms with van der Waals surface area (Å²) >= 11 is 1.08. The second-order valence-electron chi connectivity index (χ2n) is 5.19. The van der Waals surface area contributed by atoms with Crippen LogP contribution < -0.4 is 11.1 Å². The Bertz CT molecular complexity index is 551. The molecule has 120 valence electrons. The molecule has 0 bridgehead atoms. The molecular formula is C13H23N3O3S2. The zero-order valence-corrected chi connectivity index (χ0v) is 13.9. The molecule has 0 aliphatic heterocycles. The maximum atomic E-state index is 12.0. The van der Waals surface area contributed by atoms with E-state index >= 15 is 0 Å².